The summed E-state index contributed by atoms with van der Waals surface area (Å²) in [5, 5.41) is 0. The molecule has 1 aliphatic carbocycles. The van der Waals surface area contributed by atoms with Crippen LogP contribution in [0.3, 0.4) is 0 Å². The maximum Gasteiger partial charge on any atom is -0.0159 e. The lowest BCUT2D eigenvalue weighted by Crippen LogP contribution is -1.91. The molecule has 1 aliphatic rings. The van der Waals surface area contributed by atoms with Gasteiger partial charge in [0.2, 0.25) is 0 Å². The van der Waals surface area contributed by atoms with Crippen LogP contribution >= 0.6 is 0 Å². The molecule has 78 valence electrons. The first-order chi connectivity index (χ1) is 6.68. The van der Waals surface area contributed by atoms with Gasteiger partial charge >= 0.3 is 0 Å². The second-order valence-electron chi connectivity index (χ2n) is 4.07. The van der Waals surface area contributed by atoms with Crippen molar-refractivity contribution in [2.24, 2.45) is 0 Å². The maximum absolute atomic E-state index is 2.36. The zero-order valence-electron chi connectivity index (χ0n) is 10.1. The summed E-state index contributed by atoms with van der Waals surface area (Å²) in [4.78, 5) is 0. The van der Waals surface area contributed by atoms with Crippen LogP contribution in [0.4, 0.5) is 0 Å². The maximum atomic E-state index is 2.36. The smallest absolute Gasteiger partial charge is 0.0159 e. The van der Waals surface area contributed by atoms with Crippen molar-refractivity contribution < 1.29 is 0 Å². The van der Waals surface area contributed by atoms with Crippen molar-refractivity contribution in [3.63, 3.8) is 0 Å². The topological polar surface area (TPSA) is 0 Å². The SMILES string of the molecule is CC.Cc1cc(C)c(C)c(C2CC2)c1. The highest BCUT2D eigenvalue weighted by Crippen LogP contribution is 2.42. The number of aryl methyl sites for hydroxylation is 2. The lowest BCUT2D eigenvalue weighted by molar-refractivity contribution is 1.07. The van der Waals surface area contributed by atoms with Gasteiger partial charge in [0.05, 0.1) is 0 Å². The Morgan fingerprint density at radius 3 is 2.07 bits per heavy atom. The van der Waals surface area contributed by atoms with Crippen LogP contribution in [0.15, 0.2) is 12.1 Å². The molecular formula is C14H22. The van der Waals surface area contributed by atoms with Crippen LogP contribution in [0.5, 0.6) is 0 Å². The van der Waals surface area contributed by atoms with Gasteiger partial charge in [-0.15, -0.1) is 0 Å². The monoisotopic (exact) mass is 190 g/mol. The molecule has 0 unspecified atom stereocenters. The molecule has 0 heteroatoms. The molecule has 0 N–H and O–H groups in total. The molecule has 0 heterocycles. The fourth-order valence-electron chi connectivity index (χ4n) is 1.89. The zero-order valence-corrected chi connectivity index (χ0v) is 10.1. The third-order valence-electron chi connectivity index (χ3n) is 2.87. The Hall–Kier alpha value is -0.780. The molecule has 0 aliphatic heterocycles. The lowest BCUT2D eigenvalue weighted by atomic mass is 9.97. The van der Waals surface area contributed by atoms with Crippen LogP contribution in [-0.4, -0.2) is 0 Å². The van der Waals surface area contributed by atoms with E-state index < -0.39 is 0 Å². The molecular weight excluding hydrogens is 168 g/mol. The van der Waals surface area contributed by atoms with Crippen molar-refractivity contribution in [3.05, 3.63) is 34.4 Å². The summed E-state index contributed by atoms with van der Waals surface area (Å²) in [6.45, 7) is 10.7. The van der Waals surface area contributed by atoms with Crippen LogP contribution in [0.25, 0.3) is 0 Å². The Balaban J connectivity index is 0.000000461. The summed E-state index contributed by atoms with van der Waals surface area (Å²) < 4.78 is 0. The molecule has 2 rings (SSSR count). The van der Waals surface area contributed by atoms with Crippen LogP contribution in [-0.2, 0) is 0 Å². The van der Waals surface area contributed by atoms with Gasteiger partial charge in [0.1, 0.15) is 0 Å². The van der Waals surface area contributed by atoms with E-state index in [1.807, 2.05) is 13.8 Å². The van der Waals surface area contributed by atoms with Crippen molar-refractivity contribution in [1.29, 1.82) is 0 Å². The van der Waals surface area contributed by atoms with Crippen molar-refractivity contribution in [2.75, 3.05) is 0 Å². The summed E-state index contributed by atoms with van der Waals surface area (Å²) in [5.74, 6) is 0.892. The minimum atomic E-state index is 0.892. The highest BCUT2D eigenvalue weighted by molar-refractivity contribution is 5.40. The van der Waals surface area contributed by atoms with Gasteiger partial charge in [0, 0.05) is 0 Å². The van der Waals surface area contributed by atoms with Crippen LogP contribution in [0, 0.1) is 20.8 Å². The Labute approximate surface area is 88.4 Å². The number of rotatable bonds is 1. The Morgan fingerprint density at radius 1 is 1.00 bits per heavy atom. The van der Waals surface area contributed by atoms with Gasteiger partial charge in [-0.3, -0.25) is 0 Å². The van der Waals surface area contributed by atoms with E-state index in [0.717, 1.165) is 5.92 Å². The van der Waals surface area contributed by atoms with Gasteiger partial charge in [-0.2, -0.15) is 0 Å². The van der Waals surface area contributed by atoms with Crippen molar-refractivity contribution in [2.45, 2.75) is 53.4 Å². The molecule has 0 saturated heterocycles. The second-order valence-corrected chi connectivity index (χ2v) is 4.07. The Morgan fingerprint density at radius 2 is 1.57 bits per heavy atom. The summed E-state index contributed by atoms with van der Waals surface area (Å²) >= 11 is 0. The van der Waals surface area contributed by atoms with Crippen molar-refractivity contribution in [1.82, 2.24) is 0 Å². The average molecular weight is 190 g/mol. The summed E-state index contributed by atoms with van der Waals surface area (Å²) in [6, 6.07) is 4.64. The molecule has 0 atom stereocenters. The molecule has 0 bridgehead atoms. The highest BCUT2D eigenvalue weighted by atomic mass is 14.3. The molecule has 0 nitrogen and oxygen atoms in total. The fourth-order valence-corrected chi connectivity index (χ4v) is 1.89. The minimum Gasteiger partial charge on any atom is -0.0683 e. The highest BCUT2D eigenvalue weighted by Gasteiger charge is 2.25. The normalized spacial score (nSPS) is 14.6. The lowest BCUT2D eigenvalue weighted by Gasteiger charge is -2.08. The van der Waals surface area contributed by atoms with Crippen LogP contribution in [0.1, 0.15) is 54.9 Å². The number of hydrogen-bond donors (Lipinski definition) is 0. The van der Waals surface area contributed by atoms with Crippen LogP contribution in [0.2, 0.25) is 0 Å². The zero-order chi connectivity index (χ0) is 10.7. The predicted molar refractivity (Wildman–Crippen MR) is 64.0 cm³/mol. The van der Waals surface area contributed by atoms with Crippen molar-refractivity contribution in [3.8, 4) is 0 Å². The molecule has 1 aromatic carbocycles. The first kappa shape index (κ1) is 11.3. The fraction of sp³-hybridized carbons (Fsp3) is 0.571. The Kier molecular flexibility index (Phi) is 3.74. The van der Waals surface area contributed by atoms with Gasteiger partial charge in [-0.1, -0.05) is 31.5 Å². The minimum absolute atomic E-state index is 0.892. The molecule has 0 radical (unpaired) electrons. The molecule has 0 spiro atoms. The first-order valence-electron chi connectivity index (χ1n) is 5.76. The largest absolute Gasteiger partial charge is 0.0683 e. The van der Waals surface area contributed by atoms with Crippen molar-refractivity contribution >= 4 is 0 Å². The standard InChI is InChI=1S/C12H16.C2H6/c1-8-6-9(2)10(3)12(7-8)11-4-5-11;1-2/h6-7,11H,4-5H2,1-3H3;1-2H3. The molecule has 1 fully saturated rings. The third kappa shape index (κ3) is 2.37. The summed E-state index contributed by atoms with van der Waals surface area (Å²) in [6.07, 6.45) is 2.81. The molecule has 0 aromatic heterocycles. The van der Waals surface area contributed by atoms with E-state index in [-0.39, 0.29) is 0 Å². The number of benzene rings is 1. The van der Waals surface area contributed by atoms with E-state index in [1.165, 1.54) is 29.5 Å². The summed E-state index contributed by atoms with van der Waals surface area (Å²) in [7, 11) is 0. The van der Waals surface area contributed by atoms with Gasteiger partial charge in [-0.05, 0) is 56.2 Å². The Bertz CT molecular complexity index is 306. The molecule has 14 heavy (non-hydrogen) atoms. The molecule has 1 aromatic rings. The van der Waals surface area contributed by atoms with E-state index >= 15 is 0 Å². The van der Waals surface area contributed by atoms with E-state index in [1.54, 1.807) is 5.56 Å². The van der Waals surface area contributed by atoms with E-state index in [4.69, 9.17) is 0 Å². The number of hydrogen-bond acceptors (Lipinski definition) is 0. The predicted octanol–water partition coefficient (Wildman–Crippen LogP) is 4.52. The quantitative estimate of drug-likeness (QED) is 0.611. The molecule has 0 amide bonds. The van der Waals surface area contributed by atoms with Gasteiger partial charge < -0.3 is 0 Å². The third-order valence-corrected chi connectivity index (χ3v) is 2.87. The first-order valence-corrected chi connectivity index (χ1v) is 5.76. The van der Waals surface area contributed by atoms with E-state index in [9.17, 15) is 0 Å². The van der Waals surface area contributed by atoms with Gasteiger partial charge in [0.25, 0.3) is 0 Å². The van der Waals surface area contributed by atoms with E-state index in [2.05, 4.69) is 32.9 Å². The van der Waals surface area contributed by atoms with E-state index in [0.29, 0.717) is 0 Å². The van der Waals surface area contributed by atoms with Gasteiger partial charge in [0.15, 0.2) is 0 Å². The summed E-state index contributed by atoms with van der Waals surface area (Å²) in [5.41, 5.74) is 5.99. The van der Waals surface area contributed by atoms with Crippen LogP contribution < -0.4 is 0 Å². The average Bonchev–Trinajstić information content (AvgIpc) is 2.98. The van der Waals surface area contributed by atoms with Gasteiger partial charge in [-0.25, -0.2) is 0 Å². The second kappa shape index (κ2) is 4.63. The molecule has 1 saturated carbocycles.